The number of carbonyl (C=O) groups excluding carboxylic acids is 1. The number of nitrogens with two attached hydrogens (primary N) is 1. The van der Waals surface area contributed by atoms with Gasteiger partial charge in [0, 0.05) is 11.8 Å². The fourth-order valence-corrected chi connectivity index (χ4v) is 2.35. The number of hydrogen-bond donors (Lipinski definition) is 1. The van der Waals surface area contributed by atoms with Crippen LogP contribution < -0.4 is 15.4 Å². The molecule has 0 bridgehead atoms. The predicted molar refractivity (Wildman–Crippen MR) is 78.7 cm³/mol. The fourth-order valence-electron chi connectivity index (χ4n) is 2.35. The van der Waals surface area contributed by atoms with Crippen LogP contribution in [0.3, 0.4) is 0 Å². The van der Waals surface area contributed by atoms with Crippen LogP contribution in [0.4, 0.5) is 11.4 Å². The Kier molecular flexibility index (Phi) is 3.06. The van der Waals surface area contributed by atoms with Gasteiger partial charge in [0.1, 0.15) is 5.75 Å². The Bertz CT molecular complexity index is 667. The van der Waals surface area contributed by atoms with E-state index in [4.69, 9.17) is 10.5 Å². The Labute approximate surface area is 117 Å². The number of nitrogens with zero attached hydrogens (tertiary/aromatic N) is 1. The summed E-state index contributed by atoms with van der Waals surface area (Å²) in [5, 5.41) is 0. The summed E-state index contributed by atoms with van der Waals surface area (Å²) >= 11 is 0. The number of ether oxygens (including phenoxy) is 1. The van der Waals surface area contributed by atoms with Crippen LogP contribution in [0.15, 0.2) is 42.5 Å². The Morgan fingerprint density at radius 1 is 1.25 bits per heavy atom. The van der Waals surface area contributed by atoms with E-state index in [0.29, 0.717) is 18.0 Å². The van der Waals surface area contributed by atoms with Gasteiger partial charge in [0.05, 0.1) is 12.2 Å². The number of anilines is 2. The standard InChI is InChI=1S/C16H16N2O2/c1-11-4-2-3-5-12(11)9-18-14-7-6-13(17)8-15(14)20-10-16(18)19/h2-8H,9-10,17H2,1H3. The molecular weight excluding hydrogens is 252 g/mol. The van der Waals surface area contributed by atoms with Gasteiger partial charge in [-0.15, -0.1) is 0 Å². The minimum absolute atomic E-state index is 0.0366. The number of carbonyl (C=O) groups is 1. The zero-order valence-corrected chi connectivity index (χ0v) is 11.3. The van der Waals surface area contributed by atoms with E-state index in [2.05, 4.69) is 0 Å². The number of benzene rings is 2. The molecule has 0 fully saturated rings. The number of aryl methyl sites for hydroxylation is 1. The van der Waals surface area contributed by atoms with Crippen LogP contribution in [0.5, 0.6) is 5.75 Å². The monoisotopic (exact) mass is 268 g/mol. The first-order valence-corrected chi connectivity index (χ1v) is 6.52. The van der Waals surface area contributed by atoms with Gasteiger partial charge < -0.3 is 15.4 Å². The third kappa shape index (κ3) is 2.20. The zero-order chi connectivity index (χ0) is 14.1. The van der Waals surface area contributed by atoms with Gasteiger partial charge in [0.15, 0.2) is 6.61 Å². The van der Waals surface area contributed by atoms with E-state index < -0.39 is 0 Å². The molecule has 0 unspecified atom stereocenters. The van der Waals surface area contributed by atoms with Crippen molar-refractivity contribution in [2.45, 2.75) is 13.5 Å². The molecule has 1 heterocycles. The highest BCUT2D eigenvalue weighted by atomic mass is 16.5. The normalized spacial score (nSPS) is 13.8. The second-order valence-electron chi connectivity index (χ2n) is 4.92. The summed E-state index contributed by atoms with van der Waals surface area (Å²) in [4.78, 5) is 13.9. The molecular formula is C16H16N2O2. The maximum Gasteiger partial charge on any atom is 0.265 e. The Morgan fingerprint density at radius 3 is 2.85 bits per heavy atom. The molecule has 20 heavy (non-hydrogen) atoms. The SMILES string of the molecule is Cc1ccccc1CN1C(=O)COc2cc(N)ccc21. The third-order valence-corrected chi connectivity index (χ3v) is 3.52. The van der Waals surface area contributed by atoms with Crippen LogP contribution in [-0.2, 0) is 11.3 Å². The molecule has 0 aliphatic carbocycles. The van der Waals surface area contributed by atoms with E-state index in [-0.39, 0.29) is 12.5 Å². The molecule has 0 atom stereocenters. The second-order valence-corrected chi connectivity index (χ2v) is 4.92. The van der Waals surface area contributed by atoms with Gasteiger partial charge in [-0.25, -0.2) is 0 Å². The largest absolute Gasteiger partial charge is 0.481 e. The van der Waals surface area contributed by atoms with E-state index in [1.807, 2.05) is 37.3 Å². The average molecular weight is 268 g/mol. The summed E-state index contributed by atoms with van der Waals surface area (Å²) in [6.45, 7) is 2.65. The van der Waals surface area contributed by atoms with Gasteiger partial charge in [-0.3, -0.25) is 4.79 Å². The van der Waals surface area contributed by atoms with Gasteiger partial charge in [-0.1, -0.05) is 24.3 Å². The number of hydrogen-bond acceptors (Lipinski definition) is 3. The quantitative estimate of drug-likeness (QED) is 0.851. The first-order chi connectivity index (χ1) is 9.65. The molecule has 1 aliphatic rings. The summed E-state index contributed by atoms with van der Waals surface area (Å²) in [6.07, 6.45) is 0. The number of amides is 1. The lowest BCUT2D eigenvalue weighted by molar-refractivity contribution is -0.121. The highest BCUT2D eigenvalue weighted by molar-refractivity contribution is 5.98. The lowest BCUT2D eigenvalue weighted by Crippen LogP contribution is -2.38. The average Bonchev–Trinajstić information content (AvgIpc) is 2.44. The zero-order valence-electron chi connectivity index (χ0n) is 11.3. The molecule has 4 heteroatoms. The summed E-state index contributed by atoms with van der Waals surface area (Å²) in [5.41, 5.74) is 9.47. The van der Waals surface area contributed by atoms with Crippen LogP contribution in [0, 0.1) is 6.92 Å². The van der Waals surface area contributed by atoms with Crippen LogP contribution in [0.1, 0.15) is 11.1 Å². The van der Waals surface area contributed by atoms with Crippen molar-refractivity contribution < 1.29 is 9.53 Å². The molecule has 2 aromatic carbocycles. The van der Waals surface area contributed by atoms with Gasteiger partial charge in [0.25, 0.3) is 5.91 Å². The van der Waals surface area contributed by atoms with E-state index >= 15 is 0 Å². The molecule has 1 amide bonds. The first kappa shape index (κ1) is 12.5. The van der Waals surface area contributed by atoms with E-state index in [0.717, 1.165) is 11.3 Å². The molecule has 0 saturated carbocycles. The number of nitrogen functional groups attached to an aromatic ring is 1. The lowest BCUT2D eigenvalue weighted by atomic mass is 10.1. The molecule has 1 aliphatic heterocycles. The van der Waals surface area contributed by atoms with Crippen molar-refractivity contribution in [2.75, 3.05) is 17.2 Å². The molecule has 0 aromatic heterocycles. The summed E-state index contributed by atoms with van der Waals surface area (Å²) in [5.74, 6) is 0.628. The molecule has 2 N–H and O–H groups in total. The van der Waals surface area contributed by atoms with Crippen LogP contribution in [0.25, 0.3) is 0 Å². The van der Waals surface area contributed by atoms with Gasteiger partial charge in [0.2, 0.25) is 0 Å². The minimum atomic E-state index is -0.0366. The molecule has 0 saturated heterocycles. The number of rotatable bonds is 2. The third-order valence-electron chi connectivity index (χ3n) is 3.52. The van der Waals surface area contributed by atoms with Crippen molar-refractivity contribution in [3.8, 4) is 5.75 Å². The van der Waals surface area contributed by atoms with E-state index in [1.165, 1.54) is 5.56 Å². The molecule has 102 valence electrons. The van der Waals surface area contributed by atoms with Crippen LogP contribution in [-0.4, -0.2) is 12.5 Å². The van der Waals surface area contributed by atoms with Crippen molar-refractivity contribution in [1.29, 1.82) is 0 Å². The van der Waals surface area contributed by atoms with Crippen LogP contribution >= 0.6 is 0 Å². The second kappa shape index (κ2) is 4.89. The minimum Gasteiger partial charge on any atom is -0.481 e. The molecule has 4 nitrogen and oxygen atoms in total. The number of fused-ring (bicyclic) bond motifs is 1. The predicted octanol–water partition coefficient (Wildman–Crippen LogP) is 2.50. The van der Waals surface area contributed by atoms with Crippen molar-refractivity contribution >= 4 is 17.3 Å². The summed E-state index contributed by atoms with van der Waals surface area (Å²) in [7, 11) is 0. The Balaban J connectivity index is 1.97. The van der Waals surface area contributed by atoms with Gasteiger partial charge in [-0.2, -0.15) is 0 Å². The van der Waals surface area contributed by atoms with Crippen molar-refractivity contribution in [2.24, 2.45) is 0 Å². The van der Waals surface area contributed by atoms with E-state index in [1.54, 1.807) is 17.0 Å². The smallest absolute Gasteiger partial charge is 0.265 e. The Morgan fingerprint density at radius 2 is 2.05 bits per heavy atom. The summed E-state index contributed by atoms with van der Waals surface area (Å²) < 4.78 is 5.44. The highest BCUT2D eigenvalue weighted by Gasteiger charge is 2.25. The molecule has 0 radical (unpaired) electrons. The highest BCUT2D eigenvalue weighted by Crippen LogP contribution is 2.34. The van der Waals surface area contributed by atoms with E-state index in [9.17, 15) is 4.79 Å². The van der Waals surface area contributed by atoms with Gasteiger partial charge >= 0.3 is 0 Å². The first-order valence-electron chi connectivity index (χ1n) is 6.52. The topological polar surface area (TPSA) is 55.6 Å². The maximum atomic E-state index is 12.1. The lowest BCUT2D eigenvalue weighted by Gasteiger charge is -2.30. The maximum absolute atomic E-state index is 12.1. The van der Waals surface area contributed by atoms with Crippen LogP contribution in [0.2, 0.25) is 0 Å². The molecule has 3 rings (SSSR count). The van der Waals surface area contributed by atoms with Gasteiger partial charge in [-0.05, 0) is 30.2 Å². The fraction of sp³-hybridized carbons (Fsp3) is 0.188. The molecule has 2 aromatic rings. The Hall–Kier alpha value is -2.49. The summed E-state index contributed by atoms with van der Waals surface area (Å²) in [6, 6.07) is 13.4. The van der Waals surface area contributed by atoms with Crippen molar-refractivity contribution in [3.63, 3.8) is 0 Å². The molecule has 0 spiro atoms. The van der Waals surface area contributed by atoms with Crippen molar-refractivity contribution in [3.05, 3.63) is 53.6 Å². The van der Waals surface area contributed by atoms with Crippen molar-refractivity contribution in [1.82, 2.24) is 0 Å².